The Morgan fingerprint density at radius 1 is 1.07 bits per heavy atom. The summed E-state index contributed by atoms with van der Waals surface area (Å²) in [6, 6.07) is 13.6. The molecule has 0 radical (unpaired) electrons. The molecule has 2 aromatic heterocycles. The van der Waals surface area contributed by atoms with E-state index in [4.69, 9.17) is 16.6 Å². The lowest BCUT2D eigenvalue weighted by Crippen LogP contribution is -2.52. The maximum absolute atomic E-state index is 12.6. The zero-order chi connectivity index (χ0) is 19.7. The first-order chi connectivity index (χ1) is 13.5. The number of piperazine rings is 1. The fourth-order valence-electron chi connectivity index (χ4n) is 3.62. The topological polar surface area (TPSA) is 63.1 Å². The van der Waals surface area contributed by atoms with Crippen LogP contribution in [-0.2, 0) is 7.05 Å². The van der Waals surface area contributed by atoms with Crippen LogP contribution in [0.1, 0.15) is 18.5 Å². The summed E-state index contributed by atoms with van der Waals surface area (Å²) < 4.78 is 1.61. The fraction of sp³-hybridized carbons (Fsp3) is 0.286. The van der Waals surface area contributed by atoms with Gasteiger partial charge >= 0.3 is 0 Å². The summed E-state index contributed by atoms with van der Waals surface area (Å²) in [4.78, 5) is 23.6. The van der Waals surface area contributed by atoms with E-state index in [0.29, 0.717) is 18.2 Å². The van der Waals surface area contributed by atoms with Gasteiger partial charge in [0.05, 0.1) is 11.7 Å². The molecule has 0 bridgehead atoms. The highest BCUT2D eigenvalue weighted by molar-refractivity contribution is 6.30. The van der Waals surface area contributed by atoms with Crippen LogP contribution < -0.4 is 15.8 Å². The van der Waals surface area contributed by atoms with Gasteiger partial charge in [0.25, 0.3) is 5.56 Å². The Kier molecular flexibility index (Phi) is 8.26. The summed E-state index contributed by atoms with van der Waals surface area (Å²) in [5.41, 5.74) is 2.63. The van der Waals surface area contributed by atoms with Crippen LogP contribution in [0.2, 0.25) is 5.02 Å². The second kappa shape index (κ2) is 10.3. The van der Waals surface area contributed by atoms with Crippen molar-refractivity contribution in [1.29, 1.82) is 0 Å². The zero-order valence-electron chi connectivity index (χ0n) is 16.7. The molecule has 0 amide bonds. The largest absolute Gasteiger partial charge is 0.339 e. The molecule has 1 aliphatic rings. The molecule has 1 fully saturated rings. The third-order valence-electron chi connectivity index (χ3n) is 5.03. The summed E-state index contributed by atoms with van der Waals surface area (Å²) in [6.07, 6.45) is 3.41. The van der Waals surface area contributed by atoms with Gasteiger partial charge in [0, 0.05) is 55.2 Å². The number of anilines is 1. The van der Waals surface area contributed by atoms with Crippen molar-refractivity contribution in [2.75, 3.05) is 18.0 Å². The second-order valence-corrected chi connectivity index (χ2v) is 7.59. The summed E-state index contributed by atoms with van der Waals surface area (Å²) in [5, 5.41) is 4.34. The number of nitrogens with one attached hydrogen (secondary N) is 1. The first kappa shape index (κ1) is 24.2. The SMILES string of the molecule is C[C@@H]1CN(c2nc(-c3ccncc3)cc(=O)n2C)C[C@H](c2ccc(Cl)cc2)N1.Cl.Cl. The van der Waals surface area contributed by atoms with Crippen molar-refractivity contribution < 1.29 is 0 Å². The van der Waals surface area contributed by atoms with Crippen LogP contribution in [0.3, 0.4) is 0 Å². The van der Waals surface area contributed by atoms with Gasteiger partial charge in [0.2, 0.25) is 5.95 Å². The minimum Gasteiger partial charge on any atom is -0.339 e. The van der Waals surface area contributed by atoms with E-state index < -0.39 is 0 Å². The molecule has 160 valence electrons. The van der Waals surface area contributed by atoms with Gasteiger partial charge in [0.15, 0.2) is 0 Å². The highest BCUT2D eigenvalue weighted by atomic mass is 35.5. The predicted octanol–water partition coefficient (Wildman–Crippen LogP) is 3.88. The van der Waals surface area contributed by atoms with Crippen LogP contribution in [0.5, 0.6) is 0 Å². The van der Waals surface area contributed by atoms with Crippen molar-refractivity contribution in [3.05, 3.63) is 75.8 Å². The number of hydrogen-bond acceptors (Lipinski definition) is 5. The minimum atomic E-state index is -0.0777. The Labute approximate surface area is 193 Å². The molecule has 2 atom stereocenters. The monoisotopic (exact) mass is 467 g/mol. The van der Waals surface area contributed by atoms with Gasteiger partial charge in [-0.3, -0.25) is 14.3 Å². The highest BCUT2D eigenvalue weighted by Gasteiger charge is 2.27. The van der Waals surface area contributed by atoms with Crippen molar-refractivity contribution >= 4 is 42.4 Å². The Bertz CT molecular complexity index is 1030. The van der Waals surface area contributed by atoms with E-state index in [1.54, 1.807) is 30.1 Å². The normalized spacial score (nSPS) is 18.3. The molecule has 30 heavy (non-hydrogen) atoms. The lowest BCUT2D eigenvalue weighted by atomic mass is 10.0. The molecule has 4 rings (SSSR count). The van der Waals surface area contributed by atoms with E-state index in [2.05, 4.69) is 22.1 Å². The third-order valence-corrected chi connectivity index (χ3v) is 5.28. The molecular formula is C21H24Cl3N5O. The maximum atomic E-state index is 12.6. The van der Waals surface area contributed by atoms with Crippen molar-refractivity contribution in [3.8, 4) is 11.3 Å². The van der Waals surface area contributed by atoms with E-state index in [1.165, 1.54) is 0 Å². The average Bonchev–Trinajstić information content (AvgIpc) is 2.70. The smallest absolute Gasteiger partial charge is 0.255 e. The second-order valence-electron chi connectivity index (χ2n) is 7.15. The van der Waals surface area contributed by atoms with Gasteiger partial charge in [-0.05, 0) is 36.8 Å². The number of benzene rings is 1. The molecule has 0 unspecified atom stereocenters. The van der Waals surface area contributed by atoms with Crippen molar-refractivity contribution in [2.24, 2.45) is 7.05 Å². The Hall–Kier alpha value is -2.12. The number of nitrogens with zero attached hydrogens (tertiary/aromatic N) is 4. The zero-order valence-corrected chi connectivity index (χ0v) is 19.0. The van der Waals surface area contributed by atoms with E-state index in [9.17, 15) is 4.79 Å². The molecule has 6 nitrogen and oxygen atoms in total. The number of halogens is 3. The molecule has 1 saturated heterocycles. The first-order valence-corrected chi connectivity index (χ1v) is 9.64. The van der Waals surface area contributed by atoms with Gasteiger partial charge in [-0.1, -0.05) is 23.7 Å². The van der Waals surface area contributed by atoms with Crippen LogP contribution in [-0.4, -0.2) is 33.7 Å². The standard InChI is InChI=1S/C21H22ClN5O.2ClH/c1-14-12-27(13-19(24-14)15-3-5-17(22)6-4-15)21-25-18(11-20(28)26(21)2)16-7-9-23-10-8-16;;/h3-11,14,19,24H,12-13H2,1-2H3;2*1H/t14-,19-;;/m1../s1. The number of aromatic nitrogens is 3. The van der Waals surface area contributed by atoms with Gasteiger partial charge in [-0.2, -0.15) is 0 Å². The molecule has 9 heteroatoms. The van der Waals surface area contributed by atoms with Crippen molar-refractivity contribution in [1.82, 2.24) is 19.9 Å². The van der Waals surface area contributed by atoms with Crippen molar-refractivity contribution in [2.45, 2.75) is 19.0 Å². The molecule has 0 saturated carbocycles. The third kappa shape index (κ3) is 5.13. The lowest BCUT2D eigenvalue weighted by molar-refractivity contribution is 0.389. The molecule has 1 N–H and O–H groups in total. The molecule has 0 aliphatic carbocycles. The summed E-state index contributed by atoms with van der Waals surface area (Å²) in [5.74, 6) is 0.673. The van der Waals surface area contributed by atoms with Crippen LogP contribution >= 0.6 is 36.4 Å². The van der Waals surface area contributed by atoms with Gasteiger partial charge in [-0.15, -0.1) is 24.8 Å². The van der Waals surface area contributed by atoms with E-state index >= 15 is 0 Å². The van der Waals surface area contributed by atoms with Gasteiger partial charge in [-0.25, -0.2) is 4.98 Å². The molecule has 0 spiro atoms. The van der Waals surface area contributed by atoms with Crippen molar-refractivity contribution in [3.63, 3.8) is 0 Å². The summed E-state index contributed by atoms with van der Waals surface area (Å²) in [6.45, 7) is 3.62. The van der Waals surface area contributed by atoms with Gasteiger partial charge in [0.1, 0.15) is 0 Å². The quantitative estimate of drug-likeness (QED) is 0.632. The van der Waals surface area contributed by atoms with Crippen LogP contribution in [0.25, 0.3) is 11.3 Å². The molecule has 1 aromatic carbocycles. The van der Waals surface area contributed by atoms with Crippen LogP contribution in [0.4, 0.5) is 5.95 Å². The Balaban J connectivity index is 0.00000160. The molecule has 3 heterocycles. The number of rotatable bonds is 3. The van der Waals surface area contributed by atoms with E-state index in [0.717, 1.165) is 22.7 Å². The highest BCUT2D eigenvalue weighted by Crippen LogP contribution is 2.25. The van der Waals surface area contributed by atoms with Crippen LogP contribution in [0, 0.1) is 0 Å². The average molecular weight is 469 g/mol. The number of hydrogen-bond donors (Lipinski definition) is 1. The summed E-state index contributed by atoms with van der Waals surface area (Å²) >= 11 is 6.03. The summed E-state index contributed by atoms with van der Waals surface area (Å²) in [7, 11) is 1.77. The van der Waals surface area contributed by atoms with Gasteiger partial charge < -0.3 is 10.2 Å². The van der Waals surface area contributed by atoms with E-state index in [-0.39, 0.29) is 42.5 Å². The fourth-order valence-corrected chi connectivity index (χ4v) is 3.74. The lowest BCUT2D eigenvalue weighted by Gasteiger charge is -2.39. The van der Waals surface area contributed by atoms with E-state index in [1.807, 2.05) is 36.4 Å². The molecule has 3 aromatic rings. The Morgan fingerprint density at radius 2 is 1.73 bits per heavy atom. The van der Waals surface area contributed by atoms with Crippen LogP contribution in [0.15, 0.2) is 59.7 Å². The Morgan fingerprint density at radius 3 is 2.40 bits per heavy atom. The minimum absolute atomic E-state index is 0. The predicted molar refractivity (Wildman–Crippen MR) is 126 cm³/mol. The number of pyridine rings is 1. The molecular weight excluding hydrogens is 445 g/mol. The maximum Gasteiger partial charge on any atom is 0.255 e. The first-order valence-electron chi connectivity index (χ1n) is 9.26. The molecule has 1 aliphatic heterocycles.